The zero-order chi connectivity index (χ0) is 11.7. The summed E-state index contributed by atoms with van der Waals surface area (Å²) in [5.74, 6) is 0. The number of hydrogen-bond acceptors (Lipinski definition) is 4. The molecule has 0 radical (unpaired) electrons. The fourth-order valence-corrected chi connectivity index (χ4v) is 1.38. The van der Waals surface area contributed by atoms with Gasteiger partial charge in [0, 0.05) is 26.2 Å². The molecule has 1 aliphatic heterocycles. The maximum absolute atomic E-state index is 11.0. The first-order valence-corrected chi connectivity index (χ1v) is 5.44. The molecule has 0 aromatic rings. The zero-order valence-electron chi connectivity index (χ0n) is 10.0. The SMILES string of the molecule is CCN.CCN1CCN(C(=O)OC)CC1. The molecule has 1 aliphatic rings. The average molecular weight is 217 g/mol. The van der Waals surface area contributed by atoms with Crippen LogP contribution in [-0.2, 0) is 4.74 Å². The number of rotatable bonds is 1. The second-order valence-electron chi connectivity index (χ2n) is 3.30. The first-order valence-electron chi connectivity index (χ1n) is 5.44. The third-order valence-corrected chi connectivity index (χ3v) is 2.25. The Morgan fingerprint density at radius 3 is 2.07 bits per heavy atom. The highest BCUT2D eigenvalue weighted by atomic mass is 16.5. The van der Waals surface area contributed by atoms with Crippen LogP contribution in [-0.4, -0.2) is 62.3 Å². The van der Waals surface area contributed by atoms with E-state index in [1.54, 1.807) is 4.90 Å². The quantitative estimate of drug-likeness (QED) is 0.689. The molecule has 1 rings (SSSR count). The Kier molecular flexibility index (Phi) is 8.04. The number of likely N-dealkylation sites (N-methyl/N-ethyl adjacent to an activating group) is 1. The minimum atomic E-state index is -0.203. The second kappa shape index (κ2) is 8.49. The van der Waals surface area contributed by atoms with Gasteiger partial charge in [-0.05, 0) is 13.1 Å². The number of carbonyl (C=O) groups excluding carboxylic acids is 1. The molecule has 5 heteroatoms. The molecular formula is C10H23N3O2. The highest BCUT2D eigenvalue weighted by Gasteiger charge is 2.19. The van der Waals surface area contributed by atoms with E-state index in [9.17, 15) is 4.79 Å². The van der Waals surface area contributed by atoms with Gasteiger partial charge in [0.25, 0.3) is 0 Å². The van der Waals surface area contributed by atoms with Crippen LogP contribution in [0.3, 0.4) is 0 Å². The summed E-state index contributed by atoms with van der Waals surface area (Å²) in [5.41, 5.74) is 4.85. The topological polar surface area (TPSA) is 58.8 Å². The lowest BCUT2D eigenvalue weighted by Crippen LogP contribution is -2.48. The fraction of sp³-hybridized carbons (Fsp3) is 0.900. The highest BCUT2D eigenvalue weighted by molar-refractivity contribution is 5.67. The average Bonchev–Trinajstić information content (AvgIpc) is 2.29. The molecule has 0 aromatic heterocycles. The molecule has 0 aliphatic carbocycles. The van der Waals surface area contributed by atoms with Crippen LogP contribution in [0.1, 0.15) is 13.8 Å². The largest absolute Gasteiger partial charge is 0.453 e. The van der Waals surface area contributed by atoms with E-state index in [2.05, 4.69) is 16.6 Å². The summed E-state index contributed by atoms with van der Waals surface area (Å²) in [6.45, 7) is 9.36. The molecule has 1 saturated heterocycles. The molecule has 15 heavy (non-hydrogen) atoms. The monoisotopic (exact) mass is 217 g/mol. The smallest absolute Gasteiger partial charge is 0.409 e. The molecule has 90 valence electrons. The van der Waals surface area contributed by atoms with Crippen molar-refractivity contribution in [2.45, 2.75) is 13.8 Å². The second-order valence-corrected chi connectivity index (χ2v) is 3.30. The van der Waals surface area contributed by atoms with Crippen LogP contribution in [0, 0.1) is 0 Å². The molecule has 2 N–H and O–H groups in total. The van der Waals surface area contributed by atoms with Crippen molar-refractivity contribution in [2.24, 2.45) is 5.73 Å². The van der Waals surface area contributed by atoms with Gasteiger partial charge in [-0.3, -0.25) is 0 Å². The van der Waals surface area contributed by atoms with Crippen molar-refractivity contribution >= 4 is 6.09 Å². The molecule has 0 saturated carbocycles. The predicted molar refractivity (Wildman–Crippen MR) is 60.8 cm³/mol. The molecule has 0 aromatic carbocycles. The standard InChI is InChI=1S/C8H16N2O2.C2H7N/c1-3-9-4-6-10(7-5-9)8(11)12-2;1-2-3/h3-7H2,1-2H3;2-3H2,1H3. The Morgan fingerprint density at radius 1 is 1.27 bits per heavy atom. The van der Waals surface area contributed by atoms with Crippen LogP contribution in [0.5, 0.6) is 0 Å². The molecule has 5 nitrogen and oxygen atoms in total. The van der Waals surface area contributed by atoms with Crippen molar-refractivity contribution in [1.82, 2.24) is 9.80 Å². The zero-order valence-corrected chi connectivity index (χ0v) is 10.0. The number of hydrogen-bond donors (Lipinski definition) is 1. The minimum Gasteiger partial charge on any atom is -0.453 e. The normalized spacial score (nSPS) is 16.7. The first kappa shape index (κ1) is 14.2. The van der Waals surface area contributed by atoms with E-state index in [4.69, 9.17) is 5.73 Å². The molecule has 0 unspecified atom stereocenters. The van der Waals surface area contributed by atoms with Gasteiger partial charge in [-0.2, -0.15) is 0 Å². The fourth-order valence-electron chi connectivity index (χ4n) is 1.38. The number of methoxy groups -OCH3 is 1. The molecule has 0 bridgehead atoms. The molecule has 1 amide bonds. The van der Waals surface area contributed by atoms with Crippen molar-refractivity contribution in [3.8, 4) is 0 Å². The Labute approximate surface area is 92.2 Å². The minimum absolute atomic E-state index is 0.203. The van der Waals surface area contributed by atoms with Crippen LogP contribution in [0.2, 0.25) is 0 Å². The first-order chi connectivity index (χ1) is 7.19. The predicted octanol–water partition coefficient (Wildman–Crippen LogP) is 0.355. The molecule has 1 heterocycles. The van der Waals surface area contributed by atoms with E-state index >= 15 is 0 Å². The van der Waals surface area contributed by atoms with Crippen LogP contribution in [0.25, 0.3) is 0 Å². The Morgan fingerprint density at radius 2 is 1.73 bits per heavy atom. The number of piperazine rings is 1. The lowest BCUT2D eigenvalue weighted by Gasteiger charge is -2.32. The van der Waals surface area contributed by atoms with Crippen molar-refractivity contribution < 1.29 is 9.53 Å². The number of carbonyl (C=O) groups is 1. The van der Waals surface area contributed by atoms with Crippen LogP contribution in [0.15, 0.2) is 0 Å². The summed E-state index contributed by atoms with van der Waals surface area (Å²) in [6.07, 6.45) is -0.203. The molecule has 0 spiro atoms. The van der Waals surface area contributed by atoms with E-state index in [0.717, 1.165) is 39.3 Å². The van der Waals surface area contributed by atoms with Crippen LogP contribution >= 0.6 is 0 Å². The Hall–Kier alpha value is -0.810. The van der Waals surface area contributed by atoms with Gasteiger partial charge in [-0.25, -0.2) is 4.79 Å². The molecular weight excluding hydrogens is 194 g/mol. The Bertz CT molecular complexity index is 168. The lowest BCUT2D eigenvalue weighted by molar-refractivity contribution is 0.0927. The van der Waals surface area contributed by atoms with Crippen LogP contribution < -0.4 is 5.73 Å². The number of nitrogens with two attached hydrogens (primary N) is 1. The van der Waals surface area contributed by atoms with Gasteiger partial charge in [0.1, 0.15) is 0 Å². The van der Waals surface area contributed by atoms with Gasteiger partial charge in [0.15, 0.2) is 0 Å². The highest BCUT2D eigenvalue weighted by Crippen LogP contribution is 2.02. The van der Waals surface area contributed by atoms with Crippen molar-refractivity contribution in [2.75, 3.05) is 46.4 Å². The van der Waals surface area contributed by atoms with Gasteiger partial charge in [0.2, 0.25) is 0 Å². The Balaban J connectivity index is 0.000000583. The van der Waals surface area contributed by atoms with Crippen molar-refractivity contribution in [3.63, 3.8) is 0 Å². The van der Waals surface area contributed by atoms with E-state index in [1.807, 2.05) is 6.92 Å². The summed E-state index contributed by atoms with van der Waals surface area (Å²) in [7, 11) is 1.43. The number of nitrogens with zero attached hydrogens (tertiary/aromatic N) is 2. The summed E-state index contributed by atoms with van der Waals surface area (Å²) in [4.78, 5) is 15.1. The lowest BCUT2D eigenvalue weighted by atomic mass is 10.3. The van der Waals surface area contributed by atoms with Gasteiger partial charge < -0.3 is 20.3 Å². The third kappa shape index (κ3) is 5.59. The number of amides is 1. The summed E-state index contributed by atoms with van der Waals surface area (Å²) in [5, 5.41) is 0. The van der Waals surface area contributed by atoms with Crippen molar-refractivity contribution in [1.29, 1.82) is 0 Å². The van der Waals surface area contributed by atoms with E-state index < -0.39 is 0 Å². The van der Waals surface area contributed by atoms with E-state index in [0.29, 0.717) is 0 Å². The van der Waals surface area contributed by atoms with E-state index in [1.165, 1.54) is 7.11 Å². The molecule has 0 atom stereocenters. The maximum Gasteiger partial charge on any atom is 0.409 e. The summed E-state index contributed by atoms with van der Waals surface area (Å²) in [6, 6.07) is 0. The maximum atomic E-state index is 11.0. The van der Waals surface area contributed by atoms with Gasteiger partial charge >= 0.3 is 6.09 Å². The third-order valence-electron chi connectivity index (χ3n) is 2.25. The number of ether oxygens (including phenoxy) is 1. The summed E-state index contributed by atoms with van der Waals surface area (Å²) < 4.78 is 4.63. The van der Waals surface area contributed by atoms with Crippen LogP contribution in [0.4, 0.5) is 4.79 Å². The van der Waals surface area contributed by atoms with Crippen molar-refractivity contribution in [3.05, 3.63) is 0 Å². The summed E-state index contributed by atoms with van der Waals surface area (Å²) >= 11 is 0. The van der Waals surface area contributed by atoms with Gasteiger partial charge in [-0.1, -0.05) is 13.8 Å². The van der Waals surface area contributed by atoms with Gasteiger partial charge in [-0.15, -0.1) is 0 Å². The van der Waals surface area contributed by atoms with Gasteiger partial charge in [0.05, 0.1) is 7.11 Å². The molecule has 1 fully saturated rings. The van der Waals surface area contributed by atoms with E-state index in [-0.39, 0.29) is 6.09 Å².